The van der Waals surface area contributed by atoms with E-state index in [1.165, 1.54) is 22.7 Å². The molecule has 0 atom stereocenters. The quantitative estimate of drug-likeness (QED) is 0.823. The number of morpholine rings is 1. The SMILES string of the molecule is Clc1ccc(-n2cc(N3CCOCC3)c3/c2=C\CCC/C=C\C=3)cc1. The summed E-state index contributed by atoms with van der Waals surface area (Å²) >= 11 is 6.08. The number of aromatic nitrogens is 1. The Balaban J connectivity index is 1.91. The van der Waals surface area contributed by atoms with E-state index in [1.54, 1.807) is 0 Å². The summed E-state index contributed by atoms with van der Waals surface area (Å²) in [5.74, 6) is 0. The van der Waals surface area contributed by atoms with Crippen molar-refractivity contribution in [2.24, 2.45) is 0 Å². The van der Waals surface area contributed by atoms with Crippen LogP contribution < -0.4 is 15.5 Å². The number of ether oxygens (including phenoxy) is 1. The second kappa shape index (κ2) is 7.51. The van der Waals surface area contributed by atoms with Gasteiger partial charge >= 0.3 is 0 Å². The maximum atomic E-state index is 6.08. The third kappa shape index (κ3) is 3.53. The van der Waals surface area contributed by atoms with Crippen LogP contribution >= 0.6 is 11.6 Å². The highest BCUT2D eigenvalue weighted by atomic mass is 35.5. The highest BCUT2D eigenvalue weighted by molar-refractivity contribution is 6.30. The number of anilines is 1. The number of hydrogen-bond donors (Lipinski definition) is 0. The van der Waals surface area contributed by atoms with Crippen molar-refractivity contribution in [1.82, 2.24) is 4.57 Å². The molecule has 4 rings (SSSR count). The molecule has 0 bridgehead atoms. The zero-order chi connectivity index (χ0) is 17.1. The van der Waals surface area contributed by atoms with Crippen molar-refractivity contribution >= 4 is 29.4 Å². The lowest BCUT2D eigenvalue weighted by Crippen LogP contribution is -2.40. The topological polar surface area (TPSA) is 17.4 Å². The van der Waals surface area contributed by atoms with Crippen molar-refractivity contribution in [2.45, 2.75) is 19.3 Å². The molecule has 1 aliphatic heterocycles. The van der Waals surface area contributed by atoms with Crippen molar-refractivity contribution < 1.29 is 4.74 Å². The second-order valence-corrected chi connectivity index (χ2v) is 6.93. The van der Waals surface area contributed by atoms with E-state index in [-0.39, 0.29) is 0 Å². The van der Waals surface area contributed by atoms with Crippen LogP contribution in [0.4, 0.5) is 5.69 Å². The summed E-state index contributed by atoms with van der Waals surface area (Å²) in [6.45, 7) is 3.46. The van der Waals surface area contributed by atoms with Gasteiger partial charge in [-0.25, -0.2) is 0 Å². The third-order valence-corrected chi connectivity index (χ3v) is 5.08. The van der Waals surface area contributed by atoms with Gasteiger partial charge in [0.05, 0.1) is 24.3 Å². The average molecular weight is 355 g/mol. The number of allylic oxidation sites excluding steroid dienone is 2. The van der Waals surface area contributed by atoms with Crippen molar-refractivity contribution in [3.63, 3.8) is 0 Å². The molecule has 0 spiro atoms. The highest BCUT2D eigenvalue weighted by Crippen LogP contribution is 2.16. The zero-order valence-electron chi connectivity index (χ0n) is 14.3. The molecule has 0 amide bonds. The molecule has 0 saturated carbocycles. The molecular weight excluding hydrogens is 332 g/mol. The molecule has 2 aliphatic rings. The Hall–Kier alpha value is -1.97. The van der Waals surface area contributed by atoms with Gasteiger partial charge in [-0.2, -0.15) is 0 Å². The van der Waals surface area contributed by atoms with E-state index in [2.05, 4.69) is 52.1 Å². The fourth-order valence-electron chi connectivity index (χ4n) is 3.51. The lowest BCUT2D eigenvalue weighted by Gasteiger charge is -2.28. The Morgan fingerprint density at radius 3 is 2.60 bits per heavy atom. The standard InChI is InChI=1S/C21H23ClN2O/c22-17-8-10-18(11-9-17)24-16-21(23-12-14-25-15-13-23)19-6-4-2-1-3-5-7-20(19)24/h2,4,6-11,16H,1,3,5,12-15H2/b4-2-,19-6+,20-7+. The van der Waals surface area contributed by atoms with Gasteiger partial charge in [0.1, 0.15) is 0 Å². The van der Waals surface area contributed by atoms with Crippen LogP contribution in [0.3, 0.4) is 0 Å². The van der Waals surface area contributed by atoms with E-state index >= 15 is 0 Å². The van der Waals surface area contributed by atoms with Gasteiger partial charge in [-0.1, -0.05) is 35.9 Å². The molecule has 3 nitrogen and oxygen atoms in total. The van der Waals surface area contributed by atoms with Crippen molar-refractivity contribution in [2.75, 3.05) is 31.2 Å². The molecule has 0 N–H and O–H groups in total. The summed E-state index contributed by atoms with van der Waals surface area (Å²) in [6.07, 6.45) is 14.8. The van der Waals surface area contributed by atoms with Crippen molar-refractivity contribution in [3.05, 3.63) is 58.2 Å². The number of hydrogen-bond acceptors (Lipinski definition) is 2. The van der Waals surface area contributed by atoms with Gasteiger partial charge in [0.2, 0.25) is 0 Å². The van der Waals surface area contributed by atoms with Crippen molar-refractivity contribution in [1.29, 1.82) is 0 Å². The monoisotopic (exact) mass is 354 g/mol. The highest BCUT2D eigenvalue weighted by Gasteiger charge is 2.16. The Morgan fingerprint density at radius 2 is 1.80 bits per heavy atom. The molecule has 4 heteroatoms. The summed E-state index contributed by atoms with van der Waals surface area (Å²) in [6, 6.07) is 8.08. The van der Waals surface area contributed by atoms with Gasteiger partial charge in [-0.3, -0.25) is 0 Å². The molecule has 2 heterocycles. The molecule has 1 aromatic heterocycles. The summed E-state index contributed by atoms with van der Waals surface area (Å²) in [4.78, 5) is 2.44. The largest absolute Gasteiger partial charge is 0.378 e. The molecule has 130 valence electrons. The first-order valence-electron chi connectivity index (χ1n) is 9.00. The van der Waals surface area contributed by atoms with Crippen molar-refractivity contribution in [3.8, 4) is 5.69 Å². The molecule has 0 unspecified atom stereocenters. The summed E-state index contributed by atoms with van der Waals surface area (Å²) < 4.78 is 7.84. The van der Waals surface area contributed by atoms with Crippen LogP contribution in [0.1, 0.15) is 19.3 Å². The minimum Gasteiger partial charge on any atom is -0.378 e. The third-order valence-electron chi connectivity index (χ3n) is 4.83. The Kier molecular flexibility index (Phi) is 4.95. The van der Waals surface area contributed by atoms with Gasteiger partial charge in [0, 0.05) is 35.2 Å². The minimum absolute atomic E-state index is 0.766. The summed E-state index contributed by atoms with van der Waals surface area (Å²) in [7, 11) is 0. The molecule has 2 aromatic rings. The summed E-state index contributed by atoms with van der Waals surface area (Å²) in [5.41, 5.74) is 2.43. The first kappa shape index (κ1) is 16.5. The average Bonchev–Trinajstić information content (AvgIpc) is 3.05. The van der Waals surface area contributed by atoms with Gasteiger partial charge in [0.25, 0.3) is 0 Å². The Morgan fingerprint density at radius 1 is 1.00 bits per heavy atom. The number of benzene rings is 1. The zero-order valence-corrected chi connectivity index (χ0v) is 15.1. The van der Waals surface area contributed by atoms with Crippen LogP contribution in [0.15, 0.2) is 42.6 Å². The normalized spacial score (nSPS) is 21.7. The Bertz CT molecular complexity index is 874. The number of fused-ring (bicyclic) bond motifs is 1. The lowest BCUT2D eigenvalue weighted by molar-refractivity contribution is 0.122. The molecular formula is C21H23ClN2O. The molecule has 1 aliphatic carbocycles. The molecule has 0 radical (unpaired) electrons. The van der Waals surface area contributed by atoms with Gasteiger partial charge in [-0.15, -0.1) is 0 Å². The first-order chi connectivity index (χ1) is 12.3. The van der Waals surface area contributed by atoms with Gasteiger partial charge in [0.15, 0.2) is 0 Å². The van der Waals surface area contributed by atoms with Crippen LogP contribution in [0, 0.1) is 0 Å². The van der Waals surface area contributed by atoms with E-state index in [1.807, 2.05) is 12.1 Å². The van der Waals surface area contributed by atoms with E-state index in [0.717, 1.165) is 49.9 Å². The first-order valence-corrected chi connectivity index (χ1v) is 9.38. The van der Waals surface area contributed by atoms with Crippen LogP contribution in [0.25, 0.3) is 17.8 Å². The van der Waals surface area contributed by atoms with E-state index in [0.29, 0.717) is 0 Å². The molecule has 25 heavy (non-hydrogen) atoms. The lowest BCUT2D eigenvalue weighted by atomic mass is 10.2. The fraction of sp³-hybridized carbons (Fsp3) is 0.333. The Labute approximate surface area is 153 Å². The van der Waals surface area contributed by atoms with Crippen LogP contribution in [0.5, 0.6) is 0 Å². The number of halogens is 1. The molecule has 1 fully saturated rings. The van der Waals surface area contributed by atoms with E-state index in [4.69, 9.17) is 16.3 Å². The fourth-order valence-corrected chi connectivity index (χ4v) is 3.63. The molecule has 1 saturated heterocycles. The maximum absolute atomic E-state index is 6.08. The molecule has 1 aromatic carbocycles. The van der Waals surface area contributed by atoms with Crippen LogP contribution in [-0.2, 0) is 4.74 Å². The summed E-state index contributed by atoms with van der Waals surface area (Å²) in [5, 5.41) is 3.34. The van der Waals surface area contributed by atoms with Gasteiger partial charge < -0.3 is 14.2 Å². The smallest absolute Gasteiger partial charge is 0.0642 e. The van der Waals surface area contributed by atoms with E-state index < -0.39 is 0 Å². The number of rotatable bonds is 2. The number of nitrogens with zero attached hydrogens (tertiary/aromatic N) is 2. The predicted molar refractivity (Wildman–Crippen MR) is 105 cm³/mol. The van der Waals surface area contributed by atoms with Crippen LogP contribution in [0.2, 0.25) is 5.02 Å². The minimum atomic E-state index is 0.766. The van der Waals surface area contributed by atoms with Crippen LogP contribution in [-0.4, -0.2) is 30.9 Å². The van der Waals surface area contributed by atoms with Gasteiger partial charge in [-0.05, 0) is 43.5 Å². The van der Waals surface area contributed by atoms with E-state index in [9.17, 15) is 0 Å². The predicted octanol–water partition coefficient (Wildman–Crippen LogP) is 3.27. The maximum Gasteiger partial charge on any atom is 0.0642 e. The second-order valence-electron chi connectivity index (χ2n) is 6.49.